The van der Waals surface area contributed by atoms with Crippen molar-refractivity contribution in [3.05, 3.63) is 35.4 Å². The van der Waals surface area contributed by atoms with Gasteiger partial charge in [0.15, 0.2) is 5.15 Å². The van der Waals surface area contributed by atoms with Crippen molar-refractivity contribution in [2.45, 2.75) is 39.3 Å². The molecule has 40 heavy (non-hydrogen) atoms. The molecule has 220 valence electrons. The first-order valence-electron chi connectivity index (χ1n) is 12.4. The largest absolute Gasteiger partial charge is 0.481 e. The molecule has 0 unspecified atom stereocenters. The van der Waals surface area contributed by atoms with Crippen molar-refractivity contribution in [3.63, 3.8) is 0 Å². The molecule has 0 saturated heterocycles. The lowest BCUT2D eigenvalue weighted by Crippen LogP contribution is -2.43. The minimum atomic E-state index is -0.937. The smallest absolute Gasteiger partial charge is 0.410 e. The van der Waals surface area contributed by atoms with E-state index in [9.17, 15) is 19.2 Å². The van der Waals surface area contributed by atoms with Crippen molar-refractivity contribution < 1.29 is 38.5 Å². The summed E-state index contributed by atoms with van der Waals surface area (Å²) in [6, 6.07) is 2.82. The highest BCUT2D eigenvalue weighted by Crippen LogP contribution is 2.20. The molecule has 0 fully saturated rings. The van der Waals surface area contributed by atoms with Crippen molar-refractivity contribution in [1.82, 2.24) is 30.2 Å². The van der Waals surface area contributed by atoms with Gasteiger partial charge in [0, 0.05) is 19.3 Å². The van der Waals surface area contributed by atoms with Crippen molar-refractivity contribution in [2.75, 3.05) is 51.4 Å². The van der Waals surface area contributed by atoms with Crippen LogP contribution in [0.25, 0.3) is 0 Å². The number of nitrogens with zero attached hydrogens (tertiary/aromatic N) is 5. The molecule has 0 aliphatic heterocycles. The van der Waals surface area contributed by atoms with Crippen molar-refractivity contribution >= 4 is 41.2 Å². The zero-order chi connectivity index (χ0) is 29.5. The van der Waals surface area contributed by atoms with Gasteiger partial charge in [0.25, 0.3) is 5.91 Å². The normalized spacial score (nSPS) is 11.1. The van der Waals surface area contributed by atoms with Gasteiger partial charge >= 0.3 is 12.1 Å². The minimum Gasteiger partial charge on any atom is -0.481 e. The van der Waals surface area contributed by atoms with Crippen molar-refractivity contribution in [3.8, 4) is 0 Å². The maximum atomic E-state index is 12.7. The van der Waals surface area contributed by atoms with Gasteiger partial charge in [0.05, 0.1) is 51.3 Å². The highest BCUT2D eigenvalue weighted by molar-refractivity contribution is 6.32. The Labute approximate surface area is 236 Å². The van der Waals surface area contributed by atoms with Crippen LogP contribution in [0, 0.1) is 0 Å². The van der Waals surface area contributed by atoms with Gasteiger partial charge in [-0.05, 0) is 32.9 Å². The number of pyridine rings is 1. The fourth-order valence-corrected chi connectivity index (χ4v) is 3.16. The van der Waals surface area contributed by atoms with Gasteiger partial charge < -0.3 is 30.0 Å². The summed E-state index contributed by atoms with van der Waals surface area (Å²) in [7, 11) is 0. The van der Waals surface area contributed by atoms with E-state index >= 15 is 0 Å². The number of carbonyl (C=O) groups excluding carboxylic acids is 3. The number of aliphatic carboxylic acids is 1. The third-order valence-corrected chi connectivity index (χ3v) is 5.06. The van der Waals surface area contributed by atoms with E-state index in [1.54, 1.807) is 27.0 Å². The highest BCUT2D eigenvalue weighted by Gasteiger charge is 2.24. The lowest BCUT2D eigenvalue weighted by molar-refractivity contribution is -0.138. The monoisotopic (exact) mass is 583 g/mol. The maximum Gasteiger partial charge on any atom is 0.410 e. The Bertz CT molecular complexity index is 1120. The van der Waals surface area contributed by atoms with Crippen molar-refractivity contribution in [2.24, 2.45) is 0 Å². The van der Waals surface area contributed by atoms with Gasteiger partial charge in [-0.25, -0.2) is 9.78 Å². The summed E-state index contributed by atoms with van der Waals surface area (Å²) in [4.78, 5) is 53.4. The lowest BCUT2D eigenvalue weighted by atomic mass is 10.2. The van der Waals surface area contributed by atoms with Crippen LogP contribution in [-0.2, 0) is 30.3 Å². The number of rotatable bonds is 16. The zero-order valence-corrected chi connectivity index (χ0v) is 23.3. The molecular formula is C24H34ClN7O8. The second-order valence-electron chi connectivity index (χ2n) is 9.28. The molecule has 3 amide bonds. The molecule has 0 atom stereocenters. The van der Waals surface area contributed by atoms with Crippen LogP contribution in [0.15, 0.2) is 24.5 Å². The highest BCUT2D eigenvalue weighted by atomic mass is 35.5. The van der Waals surface area contributed by atoms with Crippen LogP contribution in [0.2, 0.25) is 5.15 Å². The Hall–Kier alpha value is -3.82. The summed E-state index contributed by atoms with van der Waals surface area (Å²) in [6.45, 7) is 6.27. The molecular weight excluding hydrogens is 550 g/mol. The van der Waals surface area contributed by atoms with Gasteiger partial charge in [-0.2, -0.15) is 0 Å². The van der Waals surface area contributed by atoms with E-state index in [1.165, 1.54) is 27.9 Å². The fourth-order valence-electron chi connectivity index (χ4n) is 2.96. The molecule has 2 heterocycles. The second-order valence-corrected chi connectivity index (χ2v) is 9.63. The van der Waals surface area contributed by atoms with E-state index in [1.807, 2.05) is 0 Å². The van der Waals surface area contributed by atoms with E-state index in [0.29, 0.717) is 6.54 Å². The average Bonchev–Trinajstić information content (AvgIpc) is 3.39. The van der Waals surface area contributed by atoms with Gasteiger partial charge in [0.1, 0.15) is 17.8 Å². The van der Waals surface area contributed by atoms with E-state index in [4.69, 9.17) is 30.9 Å². The Morgan fingerprint density at radius 2 is 1.82 bits per heavy atom. The summed E-state index contributed by atoms with van der Waals surface area (Å²) >= 11 is 6.19. The third kappa shape index (κ3) is 12.8. The van der Waals surface area contributed by atoms with E-state index in [-0.39, 0.29) is 69.0 Å². The molecule has 0 aromatic carbocycles. The SMILES string of the molecule is CC(C)(C)OC(=O)N(CCn1ccnn1)CC(=O)Nc1ccc(C(=O)NCCOCCOCCC(=O)O)nc1Cl. The van der Waals surface area contributed by atoms with Crippen LogP contribution < -0.4 is 10.6 Å². The third-order valence-electron chi connectivity index (χ3n) is 4.78. The van der Waals surface area contributed by atoms with Crippen LogP contribution >= 0.6 is 11.6 Å². The topological polar surface area (TPSA) is 187 Å². The number of aromatic nitrogens is 4. The van der Waals surface area contributed by atoms with E-state index in [0.717, 1.165) is 0 Å². The van der Waals surface area contributed by atoms with Crippen LogP contribution in [0.3, 0.4) is 0 Å². The summed E-state index contributed by atoms with van der Waals surface area (Å²) in [5.41, 5.74) is -0.565. The summed E-state index contributed by atoms with van der Waals surface area (Å²) in [6.07, 6.45) is 2.38. The molecule has 2 aromatic rings. The van der Waals surface area contributed by atoms with E-state index < -0.39 is 29.5 Å². The average molecular weight is 584 g/mol. The van der Waals surface area contributed by atoms with Gasteiger partial charge in [-0.3, -0.25) is 24.0 Å². The number of carboxylic acid groups (broad SMARTS) is 1. The van der Waals surface area contributed by atoms with Crippen LogP contribution in [0.5, 0.6) is 0 Å². The van der Waals surface area contributed by atoms with Crippen molar-refractivity contribution in [1.29, 1.82) is 0 Å². The molecule has 0 saturated carbocycles. The minimum absolute atomic E-state index is 0.0308. The van der Waals surface area contributed by atoms with Crippen LogP contribution in [-0.4, -0.2) is 106 Å². The molecule has 3 N–H and O–H groups in total. The molecule has 0 spiro atoms. The molecule has 0 bridgehead atoms. The molecule has 2 aromatic heterocycles. The lowest BCUT2D eigenvalue weighted by Gasteiger charge is -2.27. The Balaban J connectivity index is 1.83. The van der Waals surface area contributed by atoms with Gasteiger partial charge in [0.2, 0.25) is 5.91 Å². The predicted molar refractivity (Wildman–Crippen MR) is 142 cm³/mol. The number of hydrogen-bond donors (Lipinski definition) is 3. The van der Waals surface area contributed by atoms with E-state index in [2.05, 4.69) is 25.9 Å². The van der Waals surface area contributed by atoms with Gasteiger partial charge in [-0.1, -0.05) is 16.8 Å². The quantitative estimate of drug-likeness (QED) is 0.192. The fraction of sp³-hybridized carbons (Fsp3) is 0.542. The number of amides is 3. The number of nitrogens with one attached hydrogen (secondary N) is 2. The first kappa shape index (κ1) is 32.4. The second kappa shape index (κ2) is 16.3. The summed E-state index contributed by atoms with van der Waals surface area (Å²) in [5.74, 6) is -1.98. The standard InChI is InChI=1S/C24H34ClN7O8/c1-24(2,3)40-23(37)31(10-11-32-9-7-27-30-32)16-19(33)28-17-4-5-18(29-21(17)25)22(36)26-8-13-39-15-14-38-12-6-20(34)35/h4-5,7,9H,6,8,10-16H2,1-3H3,(H,26,36)(H,28,33)(H,34,35). The molecule has 0 aliphatic rings. The molecule has 0 aliphatic carbocycles. The number of ether oxygens (including phenoxy) is 3. The predicted octanol–water partition coefficient (Wildman–Crippen LogP) is 1.44. The summed E-state index contributed by atoms with van der Waals surface area (Å²) < 4.78 is 17.3. The number of carboxylic acids is 1. The Kier molecular flexibility index (Phi) is 13.2. The number of hydrogen-bond acceptors (Lipinski definition) is 10. The maximum absolute atomic E-state index is 12.7. The van der Waals surface area contributed by atoms with Crippen LogP contribution in [0.1, 0.15) is 37.7 Å². The summed E-state index contributed by atoms with van der Waals surface area (Å²) in [5, 5.41) is 21.2. The zero-order valence-electron chi connectivity index (χ0n) is 22.6. The molecule has 0 radical (unpaired) electrons. The molecule has 15 nitrogen and oxygen atoms in total. The Morgan fingerprint density at radius 1 is 1.10 bits per heavy atom. The number of halogens is 1. The Morgan fingerprint density at radius 3 is 2.45 bits per heavy atom. The molecule has 2 rings (SSSR count). The molecule has 16 heteroatoms. The number of anilines is 1. The van der Waals surface area contributed by atoms with Crippen LogP contribution in [0.4, 0.5) is 10.5 Å². The first-order valence-corrected chi connectivity index (χ1v) is 12.8. The first-order chi connectivity index (χ1) is 18.9. The number of carbonyl (C=O) groups is 4. The van der Waals surface area contributed by atoms with Gasteiger partial charge in [-0.15, -0.1) is 5.10 Å².